The van der Waals surface area contributed by atoms with Gasteiger partial charge in [-0.15, -0.1) is 0 Å². The molecule has 0 aliphatic carbocycles. The molecule has 0 amide bonds. The third-order valence-corrected chi connectivity index (χ3v) is 2.98. The highest BCUT2D eigenvalue weighted by atomic mass is 35.5. The van der Waals surface area contributed by atoms with Gasteiger partial charge < -0.3 is 20.5 Å². The molecule has 0 saturated carbocycles. The maximum atomic E-state index is 10.6. The fraction of sp³-hybridized carbons (Fsp3) is 0.400. The first-order valence-corrected chi connectivity index (χ1v) is 7.01. The number of ether oxygens (including phenoxy) is 2. The predicted molar refractivity (Wildman–Crippen MR) is 84.5 cm³/mol. The number of esters is 1. The summed E-state index contributed by atoms with van der Waals surface area (Å²) in [5, 5.41) is 3.80. The third-order valence-electron chi connectivity index (χ3n) is 2.75. The third kappa shape index (κ3) is 6.62. The lowest BCUT2D eigenvalue weighted by Gasteiger charge is -2.10. The summed E-state index contributed by atoms with van der Waals surface area (Å²) in [5.41, 5.74) is 7.63. The van der Waals surface area contributed by atoms with Gasteiger partial charge in [-0.1, -0.05) is 11.6 Å². The van der Waals surface area contributed by atoms with Gasteiger partial charge >= 0.3 is 5.97 Å². The first kappa shape index (κ1) is 17.5. The Kier molecular flexibility index (Phi) is 7.82. The molecule has 5 nitrogen and oxygen atoms in total. The SMILES string of the molecule is COc1ccc(Cl)cc1/C=C(\CN)CNCCOC(C)=O. The Morgan fingerprint density at radius 2 is 2.24 bits per heavy atom. The molecule has 0 aliphatic rings. The van der Waals surface area contributed by atoms with E-state index in [0.717, 1.165) is 16.9 Å². The Balaban J connectivity index is 2.62. The van der Waals surface area contributed by atoms with Gasteiger partial charge in [0.25, 0.3) is 0 Å². The van der Waals surface area contributed by atoms with Gasteiger partial charge in [-0.2, -0.15) is 0 Å². The van der Waals surface area contributed by atoms with E-state index in [4.69, 9.17) is 26.8 Å². The Labute approximate surface area is 130 Å². The van der Waals surface area contributed by atoms with Crippen LogP contribution in [0.2, 0.25) is 5.02 Å². The summed E-state index contributed by atoms with van der Waals surface area (Å²) in [6, 6.07) is 5.42. The van der Waals surface area contributed by atoms with Crippen LogP contribution in [0.5, 0.6) is 5.75 Å². The van der Waals surface area contributed by atoms with Crippen molar-refractivity contribution in [2.45, 2.75) is 6.92 Å². The molecule has 0 saturated heterocycles. The quantitative estimate of drug-likeness (QED) is 0.566. The summed E-state index contributed by atoms with van der Waals surface area (Å²) in [7, 11) is 1.61. The smallest absolute Gasteiger partial charge is 0.302 e. The van der Waals surface area contributed by atoms with Crippen molar-refractivity contribution in [1.29, 1.82) is 0 Å². The lowest BCUT2D eigenvalue weighted by atomic mass is 10.1. The van der Waals surface area contributed by atoms with Crippen molar-refractivity contribution in [2.75, 3.05) is 33.4 Å². The molecule has 0 unspecified atom stereocenters. The van der Waals surface area contributed by atoms with E-state index in [1.165, 1.54) is 6.92 Å². The van der Waals surface area contributed by atoms with Crippen LogP contribution in [0.1, 0.15) is 12.5 Å². The van der Waals surface area contributed by atoms with Gasteiger partial charge in [-0.3, -0.25) is 4.79 Å². The summed E-state index contributed by atoms with van der Waals surface area (Å²) >= 11 is 6.00. The molecule has 0 fully saturated rings. The molecule has 0 aromatic heterocycles. The van der Waals surface area contributed by atoms with Crippen LogP contribution in [0.3, 0.4) is 0 Å². The zero-order chi connectivity index (χ0) is 15.7. The average Bonchev–Trinajstić information content (AvgIpc) is 2.45. The molecule has 1 aromatic carbocycles. The normalized spacial score (nSPS) is 11.3. The van der Waals surface area contributed by atoms with Crippen molar-refractivity contribution in [3.63, 3.8) is 0 Å². The molecule has 21 heavy (non-hydrogen) atoms. The first-order valence-electron chi connectivity index (χ1n) is 6.64. The lowest BCUT2D eigenvalue weighted by Crippen LogP contribution is -2.25. The molecule has 1 aromatic rings. The zero-order valence-corrected chi connectivity index (χ0v) is 13.1. The van der Waals surface area contributed by atoms with Gasteiger partial charge in [-0.05, 0) is 29.8 Å². The maximum absolute atomic E-state index is 10.6. The van der Waals surface area contributed by atoms with E-state index in [0.29, 0.717) is 31.3 Å². The van der Waals surface area contributed by atoms with Crippen LogP contribution in [-0.2, 0) is 9.53 Å². The molecule has 0 radical (unpaired) electrons. The van der Waals surface area contributed by atoms with Crippen LogP contribution < -0.4 is 15.8 Å². The number of halogens is 1. The summed E-state index contributed by atoms with van der Waals surface area (Å²) in [5.74, 6) is 0.459. The number of rotatable bonds is 8. The second kappa shape index (κ2) is 9.39. The van der Waals surface area contributed by atoms with Gasteiger partial charge in [0, 0.05) is 37.1 Å². The molecule has 0 heterocycles. The van der Waals surface area contributed by atoms with Crippen molar-refractivity contribution in [3.05, 3.63) is 34.4 Å². The van der Waals surface area contributed by atoms with Crippen LogP contribution in [-0.4, -0.2) is 39.3 Å². The van der Waals surface area contributed by atoms with Crippen LogP contribution in [0.4, 0.5) is 0 Å². The molecule has 116 valence electrons. The number of hydrogen-bond acceptors (Lipinski definition) is 5. The largest absolute Gasteiger partial charge is 0.496 e. The number of methoxy groups -OCH3 is 1. The van der Waals surface area contributed by atoms with E-state index in [1.807, 2.05) is 18.2 Å². The average molecular weight is 313 g/mol. The van der Waals surface area contributed by atoms with E-state index in [-0.39, 0.29) is 5.97 Å². The monoisotopic (exact) mass is 312 g/mol. The number of carbonyl (C=O) groups is 1. The van der Waals surface area contributed by atoms with Crippen molar-refractivity contribution in [1.82, 2.24) is 5.32 Å². The second-order valence-electron chi connectivity index (χ2n) is 4.41. The van der Waals surface area contributed by atoms with Gasteiger partial charge in [0.05, 0.1) is 7.11 Å². The number of nitrogens with two attached hydrogens (primary N) is 1. The summed E-state index contributed by atoms with van der Waals surface area (Å²) < 4.78 is 10.1. The van der Waals surface area contributed by atoms with Gasteiger partial charge in [-0.25, -0.2) is 0 Å². The summed E-state index contributed by atoms with van der Waals surface area (Å²) in [6.07, 6.45) is 1.95. The Bertz CT molecular complexity index is 504. The van der Waals surface area contributed by atoms with Crippen LogP contribution in [0.25, 0.3) is 6.08 Å². The molecular weight excluding hydrogens is 292 g/mol. The number of hydrogen-bond donors (Lipinski definition) is 2. The van der Waals surface area contributed by atoms with Crippen LogP contribution in [0.15, 0.2) is 23.8 Å². The van der Waals surface area contributed by atoms with Crippen molar-refractivity contribution < 1.29 is 14.3 Å². The number of carbonyl (C=O) groups excluding carboxylic acids is 1. The van der Waals surface area contributed by atoms with Crippen molar-refractivity contribution in [3.8, 4) is 5.75 Å². The van der Waals surface area contributed by atoms with Gasteiger partial charge in [0.15, 0.2) is 0 Å². The summed E-state index contributed by atoms with van der Waals surface area (Å²) in [4.78, 5) is 10.6. The van der Waals surface area contributed by atoms with E-state index >= 15 is 0 Å². The van der Waals surface area contributed by atoms with Crippen LogP contribution >= 0.6 is 11.6 Å². The van der Waals surface area contributed by atoms with Crippen molar-refractivity contribution in [2.24, 2.45) is 5.73 Å². The van der Waals surface area contributed by atoms with Crippen molar-refractivity contribution >= 4 is 23.6 Å². The minimum Gasteiger partial charge on any atom is -0.496 e. The van der Waals surface area contributed by atoms with E-state index in [9.17, 15) is 4.79 Å². The topological polar surface area (TPSA) is 73.6 Å². The fourth-order valence-electron chi connectivity index (χ4n) is 1.74. The highest BCUT2D eigenvalue weighted by molar-refractivity contribution is 6.30. The second-order valence-corrected chi connectivity index (χ2v) is 4.85. The minimum absolute atomic E-state index is 0.282. The van der Waals surface area contributed by atoms with E-state index in [1.54, 1.807) is 13.2 Å². The maximum Gasteiger partial charge on any atom is 0.302 e. The molecular formula is C15H21ClN2O3. The number of benzene rings is 1. The molecule has 0 spiro atoms. The Morgan fingerprint density at radius 3 is 2.86 bits per heavy atom. The fourth-order valence-corrected chi connectivity index (χ4v) is 1.92. The van der Waals surface area contributed by atoms with Gasteiger partial charge in [0.1, 0.15) is 12.4 Å². The zero-order valence-electron chi connectivity index (χ0n) is 12.3. The molecule has 0 aliphatic heterocycles. The minimum atomic E-state index is -0.282. The van der Waals surface area contributed by atoms with Gasteiger partial charge in [0.2, 0.25) is 0 Å². The number of nitrogens with one attached hydrogen (secondary N) is 1. The van der Waals surface area contributed by atoms with E-state index in [2.05, 4.69) is 5.32 Å². The predicted octanol–water partition coefficient (Wildman–Crippen LogP) is 1.84. The van der Waals surface area contributed by atoms with E-state index < -0.39 is 0 Å². The molecule has 1 rings (SSSR count). The molecule has 6 heteroatoms. The highest BCUT2D eigenvalue weighted by Crippen LogP contribution is 2.24. The molecule has 3 N–H and O–H groups in total. The lowest BCUT2D eigenvalue weighted by molar-refractivity contribution is -0.140. The Morgan fingerprint density at radius 1 is 1.48 bits per heavy atom. The van der Waals surface area contributed by atoms with Crippen LogP contribution in [0, 0.1) is 0 Å². The standard InChI is InChI=1S/C15H21ClN2O3/c1-11(19)21-6-5-18-10-12(9-17)7-13-8-14(16)3-4-15(13)20-2/h3-4,7-8,18H,5-6,9-10,17H2,1-2H3/b12-7+. The first-order chi connectivity index (χ1) is 10.1. The Hall–Kier alpha value is -1.56. The summed E-state index contributed by atoms with van der Waals surface area (Å²) in [6.45, 7) is 3.32. The molecule has 0 atom stereocenters. The molecule has 0 bridgehead atoms. The highest BCUT2D eigenvalue weighted by Gasteiger charge is 2.03.